The van der Waals surface area contributed by atoms with Crippen molar-refractivity contribution in [2.45, 2.75) is 50.0 Å². The molecule has 8 heteroatoms. The number of aliphatic hydroxyl groups is 1. The number of fused-ring (bicyclic) bond motifs is 1. The van der Waals surface area contributed by atoms with Gasteiger partial charge in [0.15, 0.2) is 0 Å². The highest BCUT2D eigenvalue weighted by Gasteiger charge is 2.61. The molecule has 3 aliphatic rings. The van der Waals surface area contributed by atoms with Crippen LogP contribution < -0.4 is 9.64 Å². The van der Waals surface area contributed by atoms with Crippen LogP contribution >= 0.6 is 0 Å². The van der Waals surface area contributed by atoms with Crippen LogP contribution in [0.15, 0.2) is 42.9 Å². The topological polar surface area (TPSA) is 83.8 Å². The van der Waals surface area contributed by atoms with Gasteiger partial charge in [0.25, 0.3) is 0 Å². The maximum absolute atomic E-state index is 11.9. The number of aromatic nitrogens is 3. The van der Waals surface area contributed by atoms with Gasteiger partial charge in [-0.1, -0.05) is 6.07 Å². The van der Waals surface area contributed by atoms with E-state index >= 15 is 0 Å². The number of hydrogen-bond donors (Lipinski definition) is 1. The summed E-state index contributed by atoms with van der Waals surface area (Å²) >= 11 is 0. The fourth-order valence-corrected chi connectivity index (χ4v) is 5.49. The van der Waals surface area contributed by atoms with Crippen molar-refractivity contribution in [1.29, 1.82) is 0 Å². The third kappa shape index (κ3) is 4.00. The number of rotatable bonds is 4. The monoisotopic (exact) mass is 425 g/mol. The Morgan fingerprint density at radius 1 is 1.03 bits per heavy atom. The molecule has 0 amide bonds. The van der Waals surface area contributed by atoms with Gasteiger partial charge in [-0.15, -0.1) is 0 Å². The van der Waals surface area contributed by atoms with Crippen molar-refractivity contribution in [3.8, 4) is 5.88 Å². The molecule has 5 rings (SSSR count). The summed E-state index contributed by atoms with van der Waals surface area (Å²) in [7, 11) is 0. The largest absolute Gasteiger partial charge is 0.473 e. The van der Waals surface area contributed by atoms with Crippen LogP contribution in [0.2, 0.25) is 0 Å². The normalized spacial score (nSPS) is 33.1. The lowest BCUT2D eigenvalue weighted by atomic mass is 9.78. The lowest BCUT2D eigenvalue weighted by Gasteiger charge is -2.49. The third-order valence-electron chi connectivity index (χ3n) is 6.97. The molecule has 166 valence electrons. The summed E-state index contributed by atoms with van der Waals surface area (Å²) in [6, 6.07) is 7.38. The van der Waals surface area contributed by atoms with Crippen molar-refractivity contribution >= 4 is 5.95 Å². The maximum Gasteiger partial charge on any atom is 0.225 e. The summed E-state index contributed by atoms with van der Waals surface area (Å²) in [6.45, 7) is 7.78. The van der Waals surface area contributed by atoms with Crippen molar-refractivity contribution in [3.05, 3.63) is 42.9 Å². The van der Waals surface area contributed by atoms with E-state index in [0.29, 0.717) is 12.5 Å². The summed E-state index contributed by atoms with van der Waals surface area (Å²) in [5, 5.41) is 11.9. The van der Waals surface area contributed by atoms with Gasteiger partial charge in [-0.05, 0) is 44.7 Å². The number of anilines is 1. The molecule has 0 radical (unpaired) electrons. The Hall–Kier alpha value is -2.29. The highest BCUT2D eigenvalue weighted by molar-refractivity contribution is 5.29. The quantitative estimate of drug-likeness (QED) is 0.793. The van der Waals surface area contributed by atoms with Gasteiger partial charge in [0.1, 0.15) is 11.7 Å². The van der Waals surface area contributed by atoms with E-state index in [2.05, 4.69) is 38.6 Å². The van der Waals surface area contributed by atoms with Crippen LogP contribution in [-0.2, 0) is 4.74 Å². The van der Waals surface area contributed by atoms with E-state index in [9.17, 15) is 5.11 Å². The molecular formula is C23H31N5O3. The molecule has 2 aliphatic heterocycles. The number of piperazine rings is 1. The van der Waals surface area contributed by atoms with Crippen LogP contribution in [0.25, 0.3) is 0 Å². The molecule has 2 aromatic heterocycles. The summed E-state index contributed by atoms with van der Waals surface area (Å²) in [5.41, 5.74) is -1.16. The number of pyridine rings is 1. The first-order valence-corrected chi connectivity index (χ1v) is 11.1. The van der Waals surface area contributed by atoms with Crippen molar-refractivity contribution in [2.75, 3.05) is 37.7 Å². The lowest BCUT2D eigenvalue weighted by molar-refractivity contribution is -0.197. The Labute approximate surface area is 183 Å². The predicted octanol–water partition coefficient (Wildman–Crippen LogP) is 1.76. The fourth-order valence-electron chi connectivity index (χ4n) is 5.49. The number of nitrogens with zero attached hydrogens (tertiary/aromatic N) is 5. The Morgan fingerprint density at radius 2 is 1.77 bits per heavy atom. The third-order valence-corrected chi connectivity index (χ3v) is 6.97. The minimum absolute atomic E-state index is 0.130. The Bertz CT molecular complexity index is 875. The maximum atomic E-state index is 11.9. The van der Waals surface area contributed by atoms with Gasteiger partial charge < -0.3 is 19.5 Å². The second-order valence-electron chi connectivity index (χ2n) is 9.52. The van der Waals surface area contributed by atoms with Gasteiger partial charge in [0.2, 0.25) is 11.8 Å². The lowest BCUT2D eigenvalue weighted by Crippen LogP contribution is -2.65. The Kier molecular flexibility index (Phi) is 5.32. The van der Waals surface area contributed by atoms with E-state index in [1.807, 2.05) is 24.3 Å². The fraction of sp³-hybridized carbons (Fsp3) is 0.609. The van der Waals surface area contributed by atoms with E-state index in [1.165, 1.54) is 0 Å². The van der Waals surface area contributed by atoms with Crippen LogP contribution in [-0.4, -0.2) is 81.1 Å². The Morgan fingerprint density at radius 3 is 2.48 bits per heavy atom. The van der Waals surface area contributed by atoms with E-state index in [4.69, 9.17) is 9.47 Å². The minimum atomic E-state index is -0.930. The predicted molar refractivity (Wildman–Crippen MR) is 116 cm³/mol. The van der Waals surface area contributed by atoms with Crippen molar-refractivity contribution in [3.63, 3.8) is 0 Å². The molecule has 2 saturated heterocycles. The number of ether oxygens (including phenoxy) is 2. The average molecular weight is 426 g/mol. The van der Waals surface area contributed by atoms with Crippen molar-refractivity contribution in [2.24, 2.45) is 5.92 Å². The smallest absolute Gasteiger partial charge is 0.225 e. The molecule has 31 heavy (non-hydrogen) atoms. The molecule has 2 aromatic rings. The molecule has 8 nitrogen and oxygen atoms in total. The first-order valence-electron chi connectivity index (χ1n) is 11.1. The van der Waals surface area contributed by atoms with Gasteiger partial charge in [0.05, 0.1) is 18.2 Å². The molecule has 0 aromatic carbocycles. The summed E-state index contributed by atoms with van der Waals surface area (Å²) in [6.07, 6.45) is 6.77. The molecule has 4 atom stereocenters. The van der Waals surface area contributed by atoms with Gasteiger partial charge in [-0.2, -0.15) is 0 Å². The molecule has 0 spiro atoms. The van der Waals surface area contributed by atoms with Crippen molar-refractivity contribution in [1.82, 2.24) is 19.9 Å². The van der Waals surface area contributed by atoms with Crippen LogP contribution in [0.4, 0.5) is 5.95 Å². The average Bonchev–Trinajstić information content (AvgIpc) is 3.05. The van der Waals surface area contributed by atoms with E-state index in [1.54, 1.807) is 18.6 Å². The van der Waals surface area contributed by atoms with Gasteiger partial charge in [-0.3, -0.25) is 4.90 Å². The van der Waals surface area contributed by atoms with Crippen LogP contribution in [0, 0.1) is 5.92 Å². The SMILES string of the molecule is CC1(C)C[C@H]2C[C@@H](Oc3ccccn3)[C@H](N3CCN(c4ncccn4)CC3)[C@]2(O)CO1. The van der Waals surface area contributed by atoms with Gasteiger partial charge in [0, 0.05) is 50.8 Å². The van der Waals surface area contributed by atoms with E-state index < -0.39 is 5.60 Å². The Balaban J connectivity index is 1.37. The second-order valence-corrected chi connectivity index (χ2v) is 9.52. The first-order chi connectivity index (χ1) is 14.9. The second kappa shape index (κ2) is 8.00. The molecule has 1 N–H and O–H groups in total. The highest BCUT2D eigenvalue weighted by atomic mass is 16.5. The molecule has 0 unspecified atom stereocenters. The van der Waals surface area contributed by atoms with Gasteiger partial charge >= 0.3 is 0 Å². The minimum Gasteiger partial charge on any atom is -0.473 e. The summed E-state index contributed by atoms with van der Waals surface area (Å²) < 4.78 is 12.5. The van der Waals surface area contributed by atoms with E-state index in [-0.39, 0.29) is 23.7 Å². The van der Waals surface area contributed by atoms with Crippen LogP contribution in [0.3, 0.4) is 0 Å². The molecule has 3 fully saturated rings. The molecule has 1 saturated carbocycles. The first kappa shape index (κ1) is 20.6. The van der Waals surface area contributed by atoms with Gasteiger partial charge in [-0.25, -0.2) is 15.0 Å². The van der Waals surface area contributed by atoms with Crippen LogP contribution in [0.1, 0.15) is 26.7 Å². The molecular weight excluding hydrogens is 394 g/mol. The zero-order valence-electron chi connectivity index (χ0n) is 18.2. The molecule has 4 heterocycles. The summed E-state index contributed by atoms with van der Waals surface area (Å²) in [5.74, 6) is 1.50. The van der Waals surface area contributed by atoms with Crippen LogP contribution in [0.5, 0.6) is 5.88 Å². The number of hydrogen-bond acceptors (Lipinski definition) is 8. The van der Waals surface area contributed by atoms with Crippen molar-refractivity contribution < 1.29 is 14.6 Å². The zero-order chi connectivity index (χ0) is 21.5. The molecule has 0 bridgehead atoms. The summed E-state index contributed by atoms with van der Waals surface area (Å²) in [4.78, 5) is 17.7. The molecule has 1 aliphatic carbocycles. The van der Waals surface area contributed by atoms with E-state index in [0.717, 1.165) is 45.0 Å². The standard InChI is InChI=1S/C23H31N5O3/c1-22(2)15-17-14-18(31-19-6-3-4-7-24-19)20(23(17,29)16-30-22)27-10-12-28(13-11-27)21-25-8-5-9-26-21/h3-9,17-18,20,29H,10-16H2,1-2H3/t17-,18-,20+,23+/m1/s1. The highest BCUT2D eigenvalue weighted by Crippen LogP contribution is 2.48. The zero-order valence-corrected chi connectivity index (χ0v) is 18.2.